The highest BCUT2D eigenvalue weighted by atomic mass is 32.2. The van der Waals surface area contributed by atoms with Crippen molar-refractivity contribution in [3.8, 4) is 0 Å². The minimum absolute atomic E-state index is 0.0753. The first-order valence-corrected chi connectivity index (χ1v) is 8.64. The number of alkyl halides is 3. The number of nitrogens with one attached hydrogen (secondary N) is 2. The second kappa shape index (κ2) is 4.78. The average Bonchev–Trinajstić information content (AvgIpc) is 2.80. The molecule has 2 heterocycles. The van der Waals surface area contributed by atoms with Crippen LogP contribution in [0.15, 0.2) is 0 Å². The van der Waals surface area contributed by atoms with E-state index in [-0.39, 0.29) is 11.3 Å². The maximum atomic E-state index is 12.9. The number of hydrogen-bond acceptors (Lipinski definition) is 3. The minimum atomic E-state index is -4.11. The van der Waals surface area contributed by atoms with E-state index < -0.39 is 11.6 Å². The monoisotopic (exact) mass is 306 g/mol. The van der Waals surface area contributed by atoms with Crippen molar-refractivity contribution in [2.45, 2.75) is 48.5 Å². The molecular weight excluding hydrogens is 285 g/mol. The van der Waals surface area contributed by atoms with Crippen molar-refractivity contribution in [1.82, 2.24) is 10.6 Å². The van der Waals surface area contributed by atoms with Gasteiger partial charge in [-0.2, -0.15) is 13.2 Å². The molecule has 7 atom stereocenters. The van der Waals surface area contributed by atoms with E-state index in [0.29, 0.717) is 17.8 Å². The maximum absolute atomic E-state index is 12.9. The smallest absolute Gasteiger partial charge is 0.316 e. The molecule has 2 bridgehead atoms. The van der Waals surface area contributed by atoms with E-state index in [1.54, 1.807) is 0 Å². The van der Waals surface area contributed by atoms with Crippen LogP contribution in [0.1, 0.15) is 25.7 Å². The number of thioether (sulfide) groups is 1. The van der Waals surface area contributed by atoms with Crippen molar-refractivity contribution >= 4 is 11.8 Å². The molecule has 2 saturated heterocycles. The third-order valence-electron chi connectivity index (χ3n) is 5.81. The van der Waals surface area contributed by atoms with E-state index >= 15 is 0 Å². The molecule has 2 nitrogen and oxygen atoms in total. The Morgan fingerprint density at radius 2 is 1.75 bits per heavy atom. The Labute approximate surface area is 121 Å². The Bertz CT molecular complexity index is 389. The van der Waals surface area contributed by atoms with Gasteiger partial charge >= 0.3 is 6.18 Å². The molecule has 0 amide bonds. The predicted molar refractivity (Wildman–Crippen MR) is 73.4 cm³/mol. The molecular formula is C14H21F3N2S. The second-order valence-electron chi connectivity index (χ2n) is 7.02. The molecule has 6 heteroatoms. The summed E-state index contributed by atoms with van der Waals surface area (Å²) in [6, 6.07) is 0.0753. The van der Waals surface area contributed by atoms with Gasteiger partial charge in [-0.25, -0.2) is 0 Å². The molecule has 2 saturated carbocycles. The normalized spacial score (nSPS) is 51.5. The number of fused-ring (bicyclic) bond motifs is 5. The summed E-state index contributed by atoms with van der Waals surface area (Å²) >= 11 is 1.13. The van der Waals surface area contributed by atoms with Crippen LogP contribution in [0.5, 0.6) is 0 Å². The highest BCUT2D eigenvalue weighted by molar-refractivity contribution is 8.00. The predicted octanol–water partition coefficient (Wildman–Crippen LogP) is 2.60. The van der Waals surface area contributed by atoms with Crippen LogP contribution in [-0.2, 0) is 0 Å². The molecule has 4 fully saturated rings. The number of halogens is 3. The van der Waals surface area contributed by atoms with Crippen LogP contribution >= 0.6 is 11.8 Å². The van der Waals surface area contributed by atoms with Gasteiger partial charge in [-0.1, -0.05) is 0 Å². The number of rotatable bonds is 0. The van der Waals surface area contributed by atoms with Gasteiger partial charge in [-0.15, -0.1) is 11.8 Å². The Morgan fingerprint density at radius 3 is 2.55 bits per heavy atom. The van der Waals surface area contributed by atoms with Gasteiger partial charge in [0, 0.05) is 11.3 Å². The van der Waals surface area contributed by atoms with Crippen LogP contribution in [0.25, 0.3) is 0 Å². The van der Waals surface area contributed by atoms with Crippen molar-refractivity contribution in [2.75, 3.05) is 13.1 Å². The van der Waals surface area contributed by atoms with Gasteiger partial charge in [0.25, 0.3) is 0 Å². The highest BCUT2D eigenvalue weighted by Crippen LogP contribution is 2.52. The number of hydrogen-bond donors (Lipinski definition) is 2. The molecule has 2 aliphatic carbocycles. The van der Waals surface area contributed by atoms with Gasteiger partial charge in [0.15, 0.2) is 5.37 Å². The van der Waals surface area contributed by atoms with Gasteiger partial charge < -0.3 is 5.32 Å². The summed E-state index contributed by atoms with van der Waals surface area (Å²) < 4.78 is 38.7. The highest BCUT2D eigenvalue weighted by Gasteiger charge is 2.53. The third-order valence-corrected chi connectivity index (χ3v) is 7.35. The summed E-state index contributed by atoms with van der Waals surface area (Å²) in [6.45, 7) is 2.19. The van der Waals surface area contributed by atoms with E-state index in [1.807, 2.05) is 0 Å². The lowest BCUT2D eigenvalue weighted by Crippen LogP contribution is -2.52. The van der Waals surface area contributed by atoms with Crippen molar-refractivity contribution in [3.05, 3.63) is 0 Å². The maximum Gasteiger partial charge on any atom is 0.413 e. The minimum Gasteiger partial charge on any atom is -0.316 e. The van der Waals surface area contributed by atoms with Gasteiger partial charge in [0.05, 0.1) is 0 Å². The van der Waals surface area contributed by atoms with Gasteiger partial charge in [0.1, 0.15) is 0 Å². The van der Waals surface area contributed by atoms with Crippen molar-refractivity contribution in [2.24, 2.45) is 23.7 Å². The lowest BCUT2D eigenvalue weighted by Gasteiger charge is -2.50. The third kappa shape index (κ3) is 2.28. The fraction of sp³-hybridized carbons (Fsp3) is 1.00. The Kier molecular flexibility index (Phi) is 3.28. The van der Waals surface area contributed by atoms with E-state index in [9.17, 15) is 13.2 Å². The van der Waals surface area contributed by atoms with Crippen molar-refractivity contribution in [3.63, 3.8) is 0 Å². The summed E-state index contributed by atoms with van der Waals surface area (Å²) in [5, 5.41) is 5.20. The van der Waals surface area contributed by atoms with E-state index in [1.165, 1.54) is 12.8 Å². The molecule has 7 unspecified atom stereocenters. The van der Waals surface area contributed by atoms with Crippen molar-refractivity contribution < 1.29 is 13.2 Å². The average molecular weight is 306 g/mol. The Morgan fingerprint density at radius 1 is 0.950 bits per heavy atom. The summed E-state index contributed by atoms with van der Waals surface area (Å²) in [7, 11) is 0. The van der Waals surface area contributed by atoms with Crippen LogP contribution in [0.2, 0.25) is 0 Å². The fourth-order valence-corrected chi connectivity index (χ4v) is 6.53. The summed E-state index contributed by atoms with van der Waals surface area (Å²) in [6.07, 6.45) is 0.362. The first-order valence-electron chi connectivity index (χ1n) is 7.69. The van der Waals surface area contributed by atoms with Crippen molar-refractivity contribution in [1.29, 1.82) is 0 Å². The zero-order chi connectivity index (χ0) is 13.9. The molecule has 0 aromatic heterocycles. The second-order valence-corrected chi connectivity index (χ2v) is 8.37. The number of piperidine rings is 1. The van der Waals surface area contributed by atoms with E-state index in [4.69, 9.17) is 0 Å². The van der Waals surface area contributed by atoms with Gasteiger partial charge in [-0.05, 0) is 62.4 Å². The fourth-order valence-electron chi connectivity index (χ4n) is 5.03. The molecule has 0 radical (unpaired) electrons. The SMILES string of the molecule is FC(F)(F)C1NC2CC3C4CNCC(C4)CC3CC2S1. The summed E-state index contributed by atoms with van der Waals surface area (Å²) in [5.74, 6) is 2.78. The Hall–Kier alpha value is 0.0600. The van der Waals surface area contributed by atoms with Crippen LogP contribution in [0, 0.1) is 23.7 Å². The van der Waals surface area contributed by atoms with E-state index in [0.717, 1.165) is 43.6 Å². The van der Waals surface area contributed by atoms with E-state index in [2.05, 4.69) is 10.6 Å². The first-order chi connectivity index (χ1) is 9.50. The molecule has 20 heavy (non-hydrogen) atoms. The van der Waals surface area contributed by atoms with Gasteiger partial charge in [-0.3, -0.25) is 5.32 Å². The topological polar surface area (TPSA) is 24.1 Å². The molecule has 4 rings (SSSR count). The standard InChI is InChI=1S/C14H21F3N2S/c15-14(16,17)13-19-11-4-10-8(3-12(11)20-13)1-7-2-9(10)6-18-5-7/h7-13,18-19H,1-6H2. The lowest BCUT2D eigenvalue weighted by molar-refractivity contribution is -0.134. The lowest BCUT2D eigenvalue weighted by atomic mass is 9.60. The molecule has 0 aromatic carbocycles. The van der Waals surface area contributed by atoms with Crippen LogP contribution in [0.4, 0.5) is 13.2 Å². The first kappa shape index (κ1) is 13.7. The molecule has 0 spiro atoms. The quantitative estimate of drug-likeness (QED) is 0.719. The largest absolute Gasteiger partial charge is 0.413 e. The Balaban J connectivity index is 1.49. The molecule has 0 aromatic rings. The molecule has 4 aliphatic rings. The summed E-state index contributed by atoms with van der Waals surface area (Å²) in [5.41, 5.74) is 0. The molecule has 114 valence electrons. The van der Waals surface area contributed by atoms with Crippen LogP contribution in [-0.4, -0.2) is 35.9 Å². The molecule has 2 N–H and O–H groups in total. The van der Waals surface area contributed by atoms with Crippen LogP contribution < -0.4 is 10.6 Å². The van der Waals surface area contributed by atoms with Gasteiger partial charge in [0.2, 0.25) is 0 Å². The zero-order valence-electron chi connectivity index (χ0n) is 11.3. The zero-order valence-corrected chi connectivity index (χ0v) is 12.1. The summed E-state index contributed by atoms with van der Waals surface area (Å²) in [4.78, 5) is 0. The molecule has 2 aliphatic heterocycles. The van der Waals surface area contributed by atoms with Crippen LogP contribution in [0.3, 0.4) is 0 Å².